The van der Waals surface area contributed by atoms with Crippen LogP contribution in [-0.2, 0) is 25.6 Å². The summed E-state index contributed by atoms with van der Waals surface area (Å²) in [5.74, 6) is -1.04. The molecule has 2 saturated heterocycles. The smallest absolute Gasteiger partial charge is 0.251 e. The van der Waals surface area contributed by atoms with Crippen LogP contribution in [0.1, 0.15) is 27.9 Å². The van der Waals surface area contributed by atoms with Crippen LogP contribution in [0.4, 0.5) is 0 Å². The van der Waals surface area contributed by atoms with E-state index in [4.69, 9.17) is 25.4 Å². The van der Waals surface area contributed by atoms with Crippen LogP contribution in [0.25, 0.3) is 0 Å². The average Bonchev–Trinajstić information content (AvgIpc) is 3.62. The number of carbonyl (C=O) groups is 3. The highest BCUT2D eigenvalue weighted by Gasteiger charge is 2.52. The maximum Gasteiger partial charge on any atom is 0.251 e. The molecule has 0 radical (unpaired) electrons. The molecule has 3 amide bonds. The van der Waals surface area contributed by atoms with Gasteiger partial charge in [0.25, 0.3) is 5.91 Å². The van der Waals surface area contributed by atoms with Gasteiger partial charge in [0, 0.05) is 24.1 Å². The molecule has 3 aromatic carbocycles. The Hall–Kier alpha value is -4.74. The van der Waals surface area contributed by atoms with Crippen LogP contribution >= 0.6 is 0 Å². The van der Waals surface area contributed by atoms with Crippen molar-refractivity contribution in [3.8, 4) is 11.5 Å². The molecule has 41 heavy (non-hydrogen) atoms. The van der Waals surface area contributed by atoms with Crippen molar-refractivity contribution >= 4 is 23.6 Å². The Morgan fingerprint density at radius 2 is 1.54 bits per heavy atom. The molecule has 2 aliphatic heterocycles. The predicted octanol–water partition coefficient (Wildman–Crippen LogP) is 2.15. The second kappa shape index (κ2) is 12.2. The number of nitrogens with two attached hydrogens (primary N) is 1. The van der Waals surface area contributed by atoms with Gasteiger partial charge in [-0.2, -0.15) is 0 Å². The number of carbonyl (C=O) groups excluding carboxylic acids is 3. The van der Waals surface area contributed by atoms with E-state index in [1.54, 1.807) is 48.5 Å². The quantitative estimate of drug-likeness (QED) is 0.232. The van der Waals surface area contributed by atoms with E-state index in [2.05, 4.69) is 10.6 Å². The summed E-state index contributed by atoms with van der Waals surface area (Å²) in [5.41, 5.74) is 7.26. The number of benzene rings is 3. The molecular formula is C30H31N5O6. The number of nitrogens with zero attached hydrogens (tertiary/aromatic N) is 1. The molecule has 2 heterocycles. The minimum Gasteiger partial charge on any atom is -0.457 e. The lowest BCUT2D eigenvalue weighted by atomic mass is 10.1. The summed E-state index contributed by atoms with van der Waals surface area (Å²) in [6.07, 6.45) is 0.185. The Labute approximate surface area is 237 Å². The van der Waals surface area contributed by atoms with E-state index in [1.165, 1.54) is 4.90 Å². The molecule has 11 heteroatoms. The number of likely N-dealkylation sites (tertiary alicyclic amines) is 1. The minimum absolute atomic E-state index is 0.0382. The highest BCUT2D eigenvalue weighted by Crippen LogP contribution is 2.35. The number of hydrogen-bond acceptors (Lipinski definition) is 7. The van der Waals surface area contributed by atoms with Gasteiger partial charge in [-0.15, -0.1) is 0 Å². The molecule has 0 bridgehead atoms. The molecule has 1 spiro atoms. The number of ether oxygens (including phenoxy) is 3. The van der Waals surface area contributed by atoms with Crippen LogP contribution in [-0.4, -0.2) is 66.6 Å². The molecule has 0 saturated carbocycles. The third-order valence-electron chi connectivity index (χ3n) is 6.96. The maximum atomic E-state index is 13.2. The summed E-state index contributed by atoms with van der Waals surface area (Å²) in [6.45, 7) is 0.760. The Kier molecular flexibility index (Phi) is 8.27. The Morgan fingerprint density at radius 3 is 2.20 bits per heavy atom. The first kappa shape index (κ1) is 27.8. The number of nitrogens with one attached hydrogen (secondary N) is 3. The number of rotatable bonds is 9. The fourth-order valence-corrected chi connectivity index (χ4v) is 4.81. The van der Waals surface area contributed by atoms with E-state index in [0.29, 0.717) is 35.8 Å². The molecule has 1 atom stereocenters. The summed E-state index contributed by atoms with van der Waals surface area (Å²) < 4.78 is 17.3. The number of nitrogen functional groups attached to an aromatic ring is 1. The normalized spacial score (nSPS) is 17.3. The number of amidine groups is 1. The summed E-state index contributed by atoms with van der Waals surface area (Å²) in [5, 5.41) is 13.0. The third kappa shape index (κ3) is 6.71. The number of para-hydroxylation sites is 1. The summed E-state index contributed by atoms with van der Waals surface area (Å²) in [7, 11) is 0. The van der Waals surface area contributed by atoms with Gasteiger partial charge >= 0.3 is 0 Å². The summed E-state index contributed by atoms with van der Waals surface area (Å²) in [4.78, 5) is 40.6. The Balaban J connectivity index is 1.18. The second-order valence-electron chi connectivity index (χ2n) is 9.80. The maximum absolute atomic E-state index is 13.2. The number of amides is 3. The highest BCUT2D eigenvalue weighted by atomic mass is 16.7. The van der Waals surface area contributed by atoms with Gasteiger partial charge in [0.2, 0.25) is 11.8 Å². The zero-order chi connectivity index (χ0) is 28.8. The van der Waals surface area contributed by atoms with Crippen LogP contribution in [0.5, 0.6) is 11.5 Å². The lowest BCUT2D eigenvalue weighted by Crippen LogP contribution is -2.49. The zero-order valence-electron chi connectivity index (χ0n) is 22.3. The zero-order valence-corrected chi connectivity index (χ0v) is 22.3. The summed E-state index contributed by atoms with van der Waals surface area (Å²) in [6, 6.07) is 22.0. The van der Waals surface area contributed by atoms with Crippen molar-refractivity contribution in [2.24, 2.45) is 5.73 Å². The summed E-state index contributed by atoms with van der Waals surface area (Å²) >= 11 is 0. The molecule has 5 rings (SSSR count). The van der Waals surface area contributed by atoms with Gasteiger partial charge in [-0.1, -0.05) is 42.5 Å². The average molecular weight is 558 g/mol. The highest BCUT2D eigenvalue weighted by molar-refractivity contribution is 5.97. The van der Waals surface area contributed by atoms with Crippen LogP contribution in [0, 0.1) is 5.41 Å². The van der Waals surface area contributed by atoms with Crippen molar-refractivity contribution in [3.63, 3.8) is 0 Å². The minimum atomic E-state index is -1.04. The Bertz CT molecular complexity index is 1410. The molecule has 2 aliphatic rings. The van der Waals surface area contributed by atoms with Gasteiger partial charge in [0.05, 0.1) is 26.3 Å². The van der Waals surface area contributed by atoms with Crippen LogP contribution < -0.4 is 21.1 Å². The van der Waals surface area contributed by atoms with E-state index in [-0.39, 0.29) is 37.8 Å². The van der Waals surface area contributed by atoms with Crippen LogP contribution in [0.3, 0.4) is 0 Å². The molecule has 5 N–H and O–H groups in total. The molecule has 2 fully saturated rings. The van der Waals surface area contributed by atoms with Gasteiger partial charge in [-0.3, -0.25) is 19.8 Å². The van der Waals surface area contributed by atoms with Crippen molar-refractivity contribution in [2.45, 2.75) is 24.8 Å². The molecule has 11 nitrogen and oxygen atoms in total. The third-order valence-corrected chi connectivity index (χ3v) is 6.96. The first-order valence-corrected chi connectivity index (χ1v) is 13.2. The molecule has 3 aromatic rings. The van der Waals surface area contributed by atoms with Gasteiger partial charge < -0.3 is 35.5 Å². The first-order valence-electron chi connectivity index (χ1n) is 13.2. The van der Waals surface area contributed by atoms with Crippen molar-refractivity contribution < 1.29 is 28.6 Å². The lowest BCUT2D eigenvalue weighted by Gasteiger charge is -2.24. The van der Waals surface area contributed by atoms with E-state index in [0.717, 1.165) is 5.56 Å². The van der Waals surface area contributed by atoms with E-state index in [9.17, 15) is 14.4 Å². The van der Waals surface area contributed by atoms with E-state index in [1.807, 2.05) is 30.3 Å². The monoisotopic (exact) mass is 557 g/mol. The Morgan fingerprint density at radius 1 is 0.902 bits per heavy atom. The van der Waals surface area contributed by atoms with Crippen molar-refractivity contribution in [2.75, 3.05) is 26.3 Å². The first-order chi connectivity index (χ1) is 19.8. The largest absolute Gasteiger partial charge is 0.457 e. The van der Waals surface area contributed by atoms with Gasteiger partial charge in [0.15, 0.2) is 5.79 Å². The predicted molar refractivity (Wildman–Crippen MR) is 149 cm³/mol. The van der Waals surface area contributed by atoms with Gasteiger partial charge in [-0.05, 0) is 42.0 Å². The van der Waals surface area contributed by atoms with Crippen molar-refractivity contribution in [3.05, 3.63) is 95.6 Å². The van der Waals surface area contributed by atoms with E-state index < -0.39 is 23.6 Å². The molecule has 0 aliphatic carbocycles. The fourth-order valence-electron chi connectivity index (χ4n) is 4.81. The lowest BCUT2D eigenvalue weighted by molar-refractivity contribution is -0.152. The second-order valence-corrected chi connectivity index (χ2v) is 9.80. The topological polar surface area (TPSA) is 156 Å². The molecule has 1 unspecified atom stereocenters. The molecular weight excluding hydrogens is 526 g/mol. The molecule has 0 aromatic heterocycles. The molecule has 212 valence electrons. The van der Waals surface area contributed by atoms with Gasteiger partial charge in [0.1, 0.15) is 23.4 Å². The SMILES string of the molecule is N=C(N)c1ccc(CNC(=O)C2CC3(CN2C(=O)CNC(=O)c2ccc(Oc4ccccc4)cc2)OCCO3)cc1. The van der Waals surface area contributed by atoms with Crippen molar-refractivity contribution in [1.82, 2.24) is 15.5 Å². The van der Waals surface area contributed by atoms with Crippen LogP contribution in [0.2, 0.25) is 0 Å². The van der Waals surface area contributed by atoms with E-state index >= 15 is 0 Å². The van der Waals surface area contributed by atoms with Crippen LogP contribution in [0.15, 0.2) is 78.9 Å². The number of hydrogen-bond donors (Lipinski definition) is 4. The fraction of sp³-hybridized carbons (Fsp3) is 0.267. The standard InChI is InChI=1S/C30H31N5O6/c31-27(32)21-8-6-20(7-9-21)17-33-29(38)25-16-30(39-14-15-40-30)19-35(25)26(36)18-34-28(37)22-10-12-24(13-11-22)41-23-4-2-1-3-5-23/h1-13,25H,14-19H2,(H3,31,32)(H,33,38)(H,34,37). The van der Waals surface area contributed by atoms with Crippen molar-refractivity contribution in [1.29, 1.82) is 5.41 Å². The van der Waals surface area contributed by atoms with Gasteiger partial charge in [-0.25, -0.2) is 0 Å².